The van der Waals surface area contributed by atoms with Gasteiger partial charge in [-0.25, -0.2) is 24.7 Å². The van der Waals surface area contributed by atoms with Crippen molar-refractivity contribution in [3.8, 4) is 51.5 Å². The van der Waals surface area contributed by atoms with Gasteiger partial charge in [0.15, 0.2) is 17.5 Å². The molecule has 2 aliphatic rings. The Balaban J connectivity index is 0.990. The number of amidine groups is 1. The first-order valence-corrected chi connectivity index (χ1v) is 21.3. The van der Waals surface area contributed by atoms with Crippen LogP contribution in [0.4, 0.5) is 16.6 Å². The number of phenolic OH excluding ortho intramolecular Hbond substituents is 2. The molecule has 2 atom stereocenters. The van der Waals surface area contributed by atoms with Gasteiger partial charge in [0.2, 0.25) is 5.95 Å². The van der Waals surface area contributed by atoms with E-state index in [2.05, 4.69) is 136 Å². The number of urea groups is 1. The molecule has 0 saturated carbocycles. The number of carbonyl (C=O) groups excluding carboxylic acids is 1. The van der Waals surface area contributed by atoms with E-state index in [1.54, 1.807) is 42.7 Å². The molecule has 342 valence electrons. The van der Waals surface area contributed by atoms with E-state index in [4.69, 9.17) is 4.74 Å². The molecule has 0 radical (unpaired) electrons. The number of rotatable bonds is 11. The largest absolute Gasteiger partial charge is 0.507 e. The van der Waals surface area contributed by atoms with Gasteiger partial charge in [-0.1, -0.05) is 12.1 Å². The Morgan fingerprint density at radius 1 is 0.800 bits per heavy atom. The van der Waals surface area contributed by atoms with Crippen LogP contribution >= 0.6 is 0 Å². The quantitative estimate of drug-likeness (QED) is 0.0865. The molecule has 5 N–H and O–H groups in total. The van der Waals surface area contributed by atoms with Gasteiger partial charge in [0.1, 0.15) is 36.0 Å². The highest BCUT2D eigenvalue weighted by molar-refractivity contribution is 6.08. The molecule has 2 unspecified atom stereocenters. The lowest BCUT2D eigenvalue weighted by molar-refractivity contribution is 0.0900. The number of ether oxygens (including phenoxy) is 1. The molecule has 65 heavy (non-hydrogen) atoms. The average Bonchev–Trinajstić information content (AvgIpc) is 3.25. The van der Waals surface area contributed by atoms with E-state index in [1.165, 1.54) is 19.4 Å². The second-order valence-electron chi connectivity index (χ2n) is 19.1. The summed E-state index contributed by atoms with van der Waals surface area (Å²) in [5, 5.41) is 49.7. The Labute approximate surface area is 378 Å². The van der Waals surface area contributed by atoms with E-state index in [1.807, 2.05) is 14.1 Å². The van der Waals surface area contributed by atoms with Crippen molar-refractivity contribution in [2.45, 2.75) is 108 Å². The van der Waals surface area contributed by atoms with Gasteiger partial charge in [-0.05, 0) is 105 Å². The smallest absolute Gasteiger partial charge is 0.345 e. The number of nitrogens with zero attached hydrogens (tertiary/aromatic N) is 13. The number of hydrogen-bond acceptors (Lipinski definition) is 18. The van der Waals surface area contributed by atoms with Gasteiger partial charge < -0.3 is 35.4 Å². The summed E-state index contributed by atoms with van der Waals surface area (Å²) in [7, 11) is 5.47. The second-order valence-corrected chi connectivity index (χ2v) is 19.1. The summed E-state index contributed by atoms with van der Waals surface area (Å²) in [4.78, 5) is 45.6. The molecule has 2 amide bonds. The highest BCUT2D eigenvalue weighted by Gasteiger charge is 2.43. The van der Waals surface area contributed by atoms with Crippen molar-refractivity contribution in [1.29, 1.82) is 0 Å². The van der Waals surface area contributed by atoms with E-state index < -0.39 is 11.6 Å². The summed E-state index contributed by atoms with van der Waals surface area (Å²) in [5.41, 5.74) is 1.46. The van der Waals surface area contributed by atoms with Gasteiger partial charge in [0.05, 0.1) is 23.5 Å². The van der Waals surface area contributed by atoms with Crippen LogP contribution in [0.3, 0.4) is 0 Å². The van der Waals surface area contributed by atoms with Crippen LogP contribution in [0, 0.1) is 0 Å². The number of phenols is 2. The van der Waals surface area contributed by atoms with Crippen LogP contribution in [0.15, 0.2) is 65.1 Å². The average molecular weight is 887 g/mol. The van der Waals surface area contributed by atoms with Crippen molar-refractivity contribution in [2.24, 2.45) is 9.98 Å². The number of aromatic hydroxyl groups is 2. The molecule has 20 heteroatoms. The van der Waals surface area contributed by atoms with Crippen LogP contribution in [0.1, 0.15) is 79.7 Å². The molecule has 5 heterocycles. The zero-order valence-corrected chi connectivity index (χ0v) is 38.6. The highest BCUT2D eigenvalue weighted by atomic mass is 16.5. The molecule has 5 aromatic rings. The predicted octanol–water partition coefficient (Wildman–Crippen LogP) is 4.99. The fourth-order valence-electron chi connectivity index (χ4n) is 9.34. The number of hydrogen-bond donors (Lipinski definition) is 5. The summed E-state index contributed by atoms with van der Waals surface area (Å²) < 4.78 is 6.25. The number of carbonyl (C=O) groups is 1. The molecular formula is C45H58N16O4. The van der Waals surface area contributed by atoms with Crippen molar-refractivity contribution < 1.29 is 19.7 Å². The van der Waals surface area contributed by atoms with Gasteiger partial charge in [-0.2, -0.15) is 9.97 Å². The monoisotopic (exact) mass is 886 g/mol. The standard InChI is InChI=1S/C45H58N16O4/c1-42(2)18-28(19-43(3,4)58-42)61(11)39-49-22-32(54-57-39)30-14-12-27(17-33(30)62)37-50-25-51-41(53-37)65-24-45(7)21-29(20-44(5,6)59-45)60(10)35-23-48-38(56-55-35)31-15-13-26(16-34(31)63)36(46-8)52-40(64)47-9/h12-17,22-23,25,28-29,58-59,62-63H,9,18-21,24H2,1-8,10-11H3,(H,46,52,64). The summed E-state index contributed by atoms with van der Waals surface area (Å²) in [6.07, 6.45) is 7.98. The van der Waals surface area contributed by atoms with Gasteiger partial charge >= 0.3 is 12.0 Å². The van der Waals surface area contributed by atoms with Crippen LogP contribution in [0.25, 0.3) is 34.0 Å². The van der Waals surface area contributed by atoms with Gasteiger partial charge in [0, 0.05) is 66.5 Å². The Morgan fingerprint density at radius 2 is 1.48 bits per heavy atom. The lowest BCUT2D eigenvalue weighted by Crippen LogP contribution is -2.65. The number of nitrogens with one attached hydrogen (secondary N) is 3. The molecule has 2 aliphatic heterocycles. The molecule has 0 aliphatic carbocycles. The summed E-state index contributed by atoms with van der Waals surface area (Å²) in [6.45, 7) is 18.7. The number of amides is 2. The number of benzene rings is 2. The van der Waals surface area contributed by atoms with Crippen LogP contribution in [-0.4, -0.2) is 136 Å². The van der Waals surface area contributed by atoms with E-state index in [-0.39, 0.29) is 64.5 Å². The minimum atomic E-state index is -0.665. The van der Waals surface area contributed by atoms with Crippen molar-refractivity contribution in [2.75, 3.05) is 37.5 Å². The van der Waals surface area contributed by atoms with Gasteiger partial charge in [0.25, 0.3) is 0 Å². The normalized spacial score (nSPS) is 20.4. The van der Waals surface area contributed by atoms with Crippen LogP contribution in [-0.2, 0) is 0 Å². The minimum Gasteiger partial charge on any atom is -0.507 e. The lowest BCUT2D eigenvalue weighted by Gasteiger charge is -2.50. The fraction of sp³-hybridized carbons (Fsp3) is 0.467. The molecule has 7 rings (SSSR count). The minimum absolute atomic E-state index is 0.0168. The molecule has 0 bridgehead atoms. The first-order valence-electron chi connectivity index (χ1n) is 21.3. The third-order valence-electron chi connectivity index (χ3n) is 11.8. The Bertz CT molecular complexity index is 2550. The maximum atomic E-state index is 11.7. The number of anilines is 2. The SMILES string of the molecule is C=NC(=O)NC(=NC)c1ccc(-c2ncc(N(C)C3CC(C)(C)NC(C)(COc4ncnc(-c5ccc(-c6cnc(N(C)C7CC(C)(C)NC(C)(C)C7)nn6)c(O)c5)n4)C3)nn2)c(O)c1. The summed E-state index contributed by atoms with van der Waals surface area (Å²) in [5.74, 6) is 1.74. The fourth-order valence-corrected chi connectivity index (χ4v) is 9.34. The molecule has 2 fully saturated rings. The van der Waals surface area contributed by atoms with E-state index in [0.29, 0.717) is 52.0 Å². The zero-order valence-electron chi connectivity index (χ0n) is 38.6. The number of piperidine rings is 2. The third-order valence-corrected chi connectivity index (χ3v) is 11.8. The molecule has 20 nitrogen and oxygen atoms in total. The Hall–Kier alpha value is -6.80. The van der Waals surface area contributed by atoms with Gasteiger partial charge in [-0.15, -0.1) is 20.4 Å². The Kier molecular flexibility index (Phi) is 12.8. The maximum absolute atomic E-state index is 11.7. The first-order chi connectivity index (χ1) is 30.7. The Morgan fingerprint density at radius 3 is 2.09 bits per heavy atom. The van der Waals surface area contributed by atoms with Crippen molar-refractivity contribution >= 4 is 30.4 Å². The molecular weight excluding hydrogens is 829 g/mol. The molecule has 0 spiro atoms. The maximum Gasteiger partial charge on any atom is 0.345 e. The van der Waals surface area contributed by atoms with Crippen molar-refractivity contribution in [3.63, 3.8) is 0 Å². The van der Waals surface area contributed by atoms with Crippen molar-refractivity contribution in [1.82, 2.24) is 61.3 Å². The summed E-state index contributed by atoms with van der Waals surface area (Å²) >= 11 is 0. The van der Waals surface area contributed by atoms with E-state index in [0.717, 1.165) is 19.3 Å². The van der Waals surface area contributed by atoms with Gasteiger partial charge in [-0.3, -0.25) is 10.3 Å². The lowest BCUT2D eigenvalue weighted by atomic mass is 9.78. The van der Waals surface area contributed by atoms with Crippen molar-refractivity contribution in [3.05, 3.63) is 60.7 Å². The third kappa shape index (κ3) is 10.8. The van der Waals surface area contributed by atoms with Crippen LogP contribution < -0.4 is 30.5 Å². The number of aromatic nitrogens is 9. The summed E-state index contributed by atoms with van der Waals surface area (Å²) in [6, 6.07) is 9.61. The second kappa shape index (κ2) is 18.0. The topological polar surface area (TPSA) is 250 Å². The van der Waals surface area contributed by atoms with E-state index >= 15 is 0 Å². The van der Waals surface area contributed by atoms with E-state index in [9.17, 15) is 15.0 Å². The molecule has 3 aromatic heterocycles. The molecule has 2 aromatic carbocycles. The van der Waals surface area contributed by atoms with Crippen LogP contribution in [0.5, 0.6) is 17.5 Å². The molecule has 2 saturated heterocycles. The highest BCUT2D eigenvalue weighted by Crippen LogP contribution is 2.36. The van der Waals surface area contributed by atoms with Crippen LogP contribution in [0.2, 0.25) is 0 Å². The number of aliphatic imine (C=N–C) groups is 2. The zero-order chi connectivity index (χ0) is 46.9. The predicted molar refractivity (Wildman–Crippen MR) is 248 cm³/mol. The first kappa shape index (κ1) is 46.2.